The lowest BCUT2D eigenvalue weighted by Crippen LogP contribution is -2.00. The van der Waals surface area contributed by atoms with Crippen molar-refractivity contribution < 1.29 is 4.42 Å². The fourth-order valence-electron chi connectivity index (χ4n) is 5.91. The standard InChI is InChI=1S/C41H29N3O/c1-2-3-12-31-24-38-36(26-35(31)28-14-6-4-7-15-28)34-22-21-33(25-37(34)45-38)41-43-39(29-16-8-5-9-17-29)42-40(44-41)32-20-19-27-13-10-11-18-30(27)23-32/h3-26H,2H2,1H3/b12-3-. The minimum absolute atomic E-state index is 0.603. The van der Waals surface area contributed by atoms with Crippen molar-refractivity contribution in [2.45, 2.75) is 13.3 Å². The van der Waals surface area contributed by atoms with Crippen molar-refractivity contribution in [1.82, 2.24) is 15.0 Å². The Kier molecular flexibility index (Phi) is 6.73. The summed E-state index contributed by atoms with van der Waals surface area (Å²) in [4.78, 5) is 14.9. The smallest absolute Gasteiger partial charge is 0.164 e. The van der Waals surface area contributed by atoms with Crippen molar-refractivity contribution in [3.63, 3.8) is 0 Å². The minimum Gasteiger partial charge on any atom is -0.456 e. The first-order valence-corrected chi connectivity index (χ1v) is 15.3. The van der Waals surface area contributed by atoms with Crippen LogP contribution in [0.3, 0.4) is 0 Å². The van der Waals surface area contributed by atoms with Crippen LogP contribution in [0.15, 0.2) is 144 Å². The number of benzene rings is 6. The van der Waals surface area contributed by atoms with Gasteiger partial charge in [0, 0.05) is 27.5 Å². The Morgan fingerprint density at radius 3 is 1.84 bits per heavy atom. The fraction of sp³-hybridized carbons (Fsp3) is 0.0488. The average Bonchev–Trinajstić information content (AvgIpc) is 3.47. The number of allylic oxidation sites excluding steroid dienone is 1. The van der Waals surface area contributed by atoms with Gasteiger partial charge in [0.15, 0.2) is 17.5 Å². The van der Waals surface area contributed by atoms with E-state index in [0.29, 0.717) is 17.5 Å². The predicted molar refractivity (Wildman–Crippen MR) is 186 cm³/mol. The maximum Gasteiger partial charge on any atom is 0.164 e. The lowest BCUT2D eigenvalue weighted by molar-refractivity contribution is 0.669. The molecular formula is C41H29N3O. The zero-order valence-electron chi connectivity index (χ0n) is 24.8. The number of furan rings is 1. The van der Waals surface area contributed by atoms with E-state index in [1.54, 1.807) is 0 Å². The van der Waals surface area contributed by atoms with Gasteiger partial charge in [0.25, 0.3) is 0 Å². The maximum absolute atomic E-state index is 6.50. The predicted octanol–water partition coefficient (Wildman–Crippen LogP) is 11.0. The van der Waals surface area contributed by atoms with Crippen LogP contribution in [-0.2, 0) is 0 Å². The van der Waals surface area contributed by atoms with Crippen molar-refractivity contribution in [3.05, 3.63) is 145 Å². The van der Waals surface area contributed by atoms with Crippen molar-refractivity contribution in [2.24, 2.45) is 0 Å². The molecule has 0 atom stereocenters. The highest BCUT2D eigenvalue weighted by atomic mass is 16.3. The molecule has 0 saturated carbocycles. The quantitative estimate of drug-likeness (QED) is 0.197. The third-order valence-electron chi connectivity index (χ3n) is 8.19. The number of hydrogen-bond donors (Lipinski definition) is 0. The van der Waals surface area contributed by atoms with E-state index in [4.69, 9.17) is 19.4 Å². The number of hydrogen-bond acceptors (Lipinski definition) is 4. The summed E-state index contributed by atoms with van der Waals surface area (Å²) in [7, 11) is 0. The van der Waals surface area contributed by atoms with Crippen molar-refractivity contribution in [3.8, 4) is 45.3 Å². The Bertz CT molecular complexity index is 2360. The van der Waals surface area contributed by atoms with Crippen LogP contribution in [0, 0.1) is 0 Å². The molecule has 0 saturated heterocycles. The molecule has 214 valence electrons. The van der Waals surface area contributed by atoms with Crippen molar-refractivity contribution >= 4 is 38.8 Å². The summed E-state index contributed by atoms with van der Waals surface area (Å²) in [5.41, 5.74) is 7.92. The van der Waals surface area contributed by atoms with Gasteiger partial charge < -0.3 is 4.42 Å². The summed E-state index contributed by atoms with van der Waals surface area (Å²) in [5, 5.41) is 4.47. The molecule has 0 unspecified atom stereocenters. The van der Waals surface area contributed by atoms with E-state index in [2.05, 4.69) is 110 Å². The highest BCUT2D eigenvalue weighted by Gasteiger charge is 2.16. The van der Waals surface area contributed by atoms with Gasteiger partial charge in [-0.1, -0.05) is 122 Å². The molecule has 8 rings (SSSR count). The van der Waals surface area contributed by atoms with Gasteiger partial charge in [-0.3, -0.25) is 0 Å². The van der Waals surface area contributed by atoms with Gasteiger partial charge in [0.05, 0.1) is 0 Å². The number of nitrogens with zero attached hydrogens (tertiary/aromatic N) is 3. The summed E-state index contributed by atoms with van der Waals surface area (Å²) in [6.07, 6.45) is 5.34. The normalized spacial score (nSPS) is 11.7. The van der Waals surface area contributed by atoms with Gasteiger partial charge in [-0.25, -0.2) is 15.0 Å². The summed E-state index contributed by atoms with van der Waals surface area (Å²) in [6, 6.07) is 45.9. The van der Waals surface area contributed by atoms with E-state index in [9.17, 15) is 0 Å². The summed E-state index contributed by atoms with van der Waals surface area (Å²) in [5.74, 6) is 1.87. The van der Waals surface area contributed by atoms with Gasteiger partial charge in [-0.15, -0.1) is 0 Å². The minimum atomic E-state index is 0.603. The largest absolute Gasteiger partial charge is 0.456 e. The van der Waals surface area contributed by atoms with Crippen LogP contribution < -0.4 is 0 Å². The first-order chi connectivity index (χ1) is 22.2. The van der Waals surface area contributed by atoms with Crippen molar-refractivity contribution in [1.29, 1.82) is 0 Å². The molecule has 0 aliphatic carbocycles. The molecule has 4 nitrogen and oxygen atoms in total. The molecule has 45 heavy (non-hydrogen) atoms. The van der Waals surface area contributed by atoms with E-state index in [1.165, 1.54) is 16.5 Å². The third-order valence-corrected chi connectivity index (χ3v) is 8.19. The van der Waals surface area contributed by atoms with Crippen LogP contribution in [0.5, 0.6) is 0 Å². The van der Waals surface area contributed by atoms with E-state index < -0.39 is 0 Å². The first-order valence-electron chi connectivity index (χ1n) is 15.3. The maximum atomic E-state index is 6.50. The second-order valence-corrected chi connectivity index (χ2v) is 11.2. The van der Waals surface area contributed by atoms with E-state index in [-0.39, 0.29) is 0 Å². The van der Waals surface area contributed by atoms with Crippen LogP contribution in [0.4, 0.5) is 0 Å². The summed E-state index contributed by atoms with van der Waals surface area (Å²) < 4.78 is 6.50. The average molecular weight is 580 g/mol. The zero-order valence-corrected chi connectivity index (χ0v) is 24.8. The number of aromatic nitrogens is 3. The molecule has 0 spiro atoms. The van der Waals surface area contributed by atoms with E-state index in [0.717, 1.165) is 56.0 Å². The monoisotopic (exact) mass is 579 g/mol. The van der Waals surface area contributed by atoms with Crippen molar-refractivity contribution in [2.75, 3.05) is 0 Å². The van der Waals surface area contributed by atoms with Gasteiger partial charge in [0.2, 0.25) is 0 Å². The Hall–Kier alpha value is -5.87. The number of rotatable bonds is 6. The molecule has 0 N–H and O–H groups in total. The van der Waals surface area contributed by atoms with Crippen LogP contribution in [0.2, 0.25) is 0 Å². The van der Waals surface area contributed by atoms with Gasteiger partial charge in [-0.05, 0) is 64.2 Å². The summed E-state index contributed by atoms with van der Waals surface area (Å²) in [6.45, 7) is 2.15. The molecule has 0 aliphatic heterocycles. The van der Waals surface area contributed by atoms with Crippen LogP contribution >= 0.6 is 0 Å². The SMILES string of the molecule is CC/C=C\c1cc2oc3cc(-c4nc(-c5ccccc5)nc(-c5ccc6ccccc6c5)n4)ccc3c2cc1-c1ccccc1. The molecule has 0 bridgehead atoms. The van der Waals surface area contributed by atoms with Gasteiger partial charge >= 0.3 is 0 Å². The highest BCUT2D eigenvalue weighted by molar-refractivity contribution is 6.08. The second kappa shape index (κ2) is 11.3. The van der Waals surface area contributed by atoms with Crippen LogP contribution in [0.25, 0.3) is 84.1 Å². The molecule has 0 fully saturated rings. The Labute approximate surface area is 261 Å². The number of fused-ring (bicyclic) bond motifs is 4. The molecule has 0 radical (unpaired) electrons. The molecule has 6 aromatic carbocycles. The Morgan fingerprint density at radius 1 is 0.511 bits per heavy atom. The molecule has 2 heterocycles. The van der Waals surface area contributed by atoms with Crippen LogP contribution in [-0.4, -0.2) is 15.0 Å². The lowest BCUT2D eigenvalue weighted by Gasteiger charge is -2.09. The molecule has 0 aliphatic rings. The second-order valence-electron chi connectivity index (χ2n) is 11.2. The molecule has 0 amide bonds. The van der Waals surface area contributed by atoms with Crippen LogP contribution in [0.1, 0.15) is 18.9 Å². The Morgan fingerprint density at radius 2 is 1.11 bits per heavy atom. The topological polar surface area (TPSA) is 51.8 Å². The molecule has 8 aromatic rings. The van der Waals surface area contributed by atoms with Gasteiger partial charge in [0.1, 0.15) is 11.2 Å². The molecular weight excluding hydrogens is 550 g/mol. The lowest BCUT2D eigenvalue weighted by atomic mass is 9.96. The van der Waals surface area contributed by atoms with E-state index in [1.807, 2.05) is 42.5 Å². The third kappa shape index (κ3) is 5.07. The fourth-order valence-corrected chi connectivity index (χ4v) is 5.91. The summed E-state index contributed by atoms with van der Waals surface area (Å²) >= 11 is 0. The molecule has 2 aromatic heterocycles. The highest BCUT2D eigenvalue weighted by Crippen LogP contribution is 2.37. The Balaban J connectivity index is 1.29. The first kappa shape index (κ1) is 26.7. The zero-order chi connectivity index (χ0) is 30.2. The van der Waals surface area contributed by atoms with E-state index >= 15 is 0 Å². The van der Waals surface area contributed by atoms with Gasteiger partial charge in [-0.2, -0.15) is 0 Å². The molecule has 4 heteroatoms.